The van der Waals surface area contributed by atoms with Crippen LogP contribution in [0.1, 0.15) is 6.92 Å². The molecule has 0 aliphatic heterocycles. The van der Waals surface area contributed by atoms with E-state index in [0.717, 1.165) is 23.3 Å². The molecule has 0 unspecified atom stereocenters. The average Bonchev–Trinajstić information content (AvgIpc) is 2.59. The predicted molar refractivity (Wildman–Crippen MR) is 50.8 cm³/mol. The second-order valence-electron chi connectivity index (χ2n) is 2.81. The van der Waals surface area contributed by atoms with Crippen LogP contribution >= 0.6 is 0 Å². The van der Waals surface area contributed by atoms with Crippen LogP contribution in [0.3, 0.4) is 0 Å². The highest BCUT2D eigenvalue weighted by molar-refractivity contribution is 5.76. The molecule has 0 saturated carbocycles. The topological polar surface area (TPSA) is 27.1 Å². The molecule has 2 rings (SSSR count). The minimum absolute atomic E-state index is 0.858. The molecule has 2 aromatic rings. The summed E-state index contributed by atoms with van der Waals surface area (Å²) in [5, 5.41) is 0. The molecule has 0 N–H and O–H groups in total. The number of aryl methyl sites for hydroxylation is 1. The van der Waals surface area contributed by atoms with Gasteiger partial charge >= 0.3 is 0 Å². The summed E-state index contributed by atoms with van der Waals surface area (Å²) in [6.07, 6.45) is 2.93. The van der Waals surface area contributed by atoms with Gasteiger partial charge in [-0.25, -0.2) is 4.98 Å². The molecule has 1 aromatic carbocycles. The molecule has 1 aromatic heterocycles. The van der Waals surface area contributed by atoms with Gasteiger partial charge in [-0.15, -0.1) is 0 Å². The van der Waals surface area contributed by atoms with Gasteiger partial charge in [-0.2, -0.15) is 0 Å². The summed E-state index contributed by atoms with van der Waals surface area (Å²) in [5.74, 6) is 0.858. The first-order valence-electron chi connectivity index (χ1n) is 4.27. The molecular formula is C10H11N2O. The van der Waals surface area contributed by atoms with Crippen molar-refractivity contribution in [1.29, 1.82) is 0 Å². The molecule has 0 aliphatic rings. The quantitative estimate of drug-likeness (QED) is 0.696. The van der Waals surface area contributed by atoms with Gasteiger partial charge in [-0.3, -0.25) is 0 Å². The Kier molecular flexibility index (Phi) is 1.93. The SMILES string of the molecule is CCn1[c]nc2ccc(OC)cc21. The fourth-order valence-corrected chi connectivity index (χ4v) is 1.35. The monoisotopic (exact) mass is 175 g/mol. The number of methoxy groups -OCH3 is 1. The van der Waals surface area contributed by atoms with Gasteiger partial charge in [-0.1, -0.05) is 0 Å². The summed E-state index contributed by atoms with van der Waals surface area (Å²) in [4.78, 5) is 4.15. The zero-order chi connectivity index (χ0) is 9.26. The second kappa shape index (κ2) is 3.09. The molecule has 1 radical (unpaired) electrons. The Bertz CT molecular complexity index is 420. The van der Waals surface area contributed by atoms with Crippen molar-refractivity contribution in [2.45, 2.75) is 13.5 Å². The molecule has 0 saturated heterocycles. The lowest BCUT2D eigenvalue weighted by Crippen LogP contribution is -1.91. The number of aromatic nitrogens is 2. The van der Waals surface area contributed by atoms with Crippen LogP contribution in [0.5, 0.6) is 5.75 Å². The molecule has 0 amide bonds. The molecular weight excluding hydrogens is 164 g/mol. The van der Waals surface area contributed by atoms with Crippen molar-refractivity contribution in [3.63, 3.8) is 0 Å². The van der Waals surface area contributed by atoms with Gasteiger partial charge in [0.25, 0.3) is 0 Å². The van der Waals surface area contributed by atoms with Crippen molar-refractivity contribution >= 4 is 11.0 Å². The van der Waals surface area contributed by atoms with Crippen LogP contribution < -0.4 is 4.74 Å². The third kappa shape index (κ3) is 1.26. The molecule has 0 bridgehead atoms. The number of rotatable bonds is 2. The summed E-state index contributed by atoms with van der Waals surface area (Å²) in [5.41, 5.74) is 2.03. The van der Waals surface area contributed by atoms with E-state index in [4.69, 9.17) is 4.74 Å². The van der Waals surface area contributed by atoms with Crippen LogP contribution in [0.25, 0.3) is 11.0 Å². The van der Waals surface area contributed by atoms with Crippen LogP contribution in [0, 0.1) is 6.33 Å². The van der Waals surface area contributed by atoms with Crippen molar-refractivity contribution in [3.05, 3.63) is 24.5 Å². The van der Waals surface area contributed by atoms with Crippen molar-refractivity contribution in [2.24, 2.45) is 0 Å². The highest BCUT2D eigenvalue weighted by Crippen LogP contribution is 2.19. The van der Waals surface area contributed by atoms with E-state index in [0.29, 0.717) is 0 Å². The number of hydrogen-bond acceptors (Lipinski definition) is 2. The van der Waals surface area contributed by atoms with Gasteiger partial charge < -0.3 is 9.30 Å². The molecule has 1 heterocycles. The molecule has 0 aliphatic carbocycles. The fraction of sp³-hybridized carbons (Fsp3) is 0.300. The standard InChI is InChI=1S/C10H11N2O/c1-3-12-7-11-9-5-4-8(13-2)6-10(9)12/h4-6H,3H2,1-2H3. The molecule has 0 fully saturated rings. The minimum atomic E-state index is 0.858. The highest BCUT2D eigenvalue weighted by Gasteiger charge is 2.02. The van der Waals surface area contributed by atoms with Crippen molar-refractivity contribution in [3.8, 4) is 5.75 Å². The Hall–Kier alpha value is -1.51. The predicted octanol–water partition coefficient (Wildman–Crippen LogP) is 1.86. The normalized spacial score (nSPS) is 10.6. The van der Waals surface area contributed by atoms with E-state index in [9.17, 15) is 0 Å². The zero-order valence-electron chi connectivity index (χ0n) is 7.74. The van der Waals surface area contributed by atoms with Crippen LogP contribution in [-0.2, 0) is 6.54 Å². The second-order valence-corrected chi connectivity index (χ2v) is 2.81. The maximum Gasteiger partial charge on any atom is 0.177 e. The summed E-state index contributed by atoms with van der Waals surface area (Å²) in [7, 11) is 1.66. The first-order valence-corrected chi connectivity index (χ1v) is 4.27. The molecule has 0 atom stereocenters. The summed E-state index contributed by atoms with van der Waals surface area (Å²) in [6, 6.07) is 5.82. The Morgan fingerprint density at radius 2 is 2.38 bits per heavy atom. The molecule has 0 spiro atoms. The zero-order valence-corrected chi connectivity index (χ0v) is 7.74. The molecule has 13 heavy (non-hydrogen) atoms. The Morgan fingerprint density at radius 3 is 3.08 bits per heavy atom. The Labute approximate surface area is 77.0 Å². The van der Waals surface area contributed by atoms with E-state index in [1.165, 1.54) is 0 Å². The van der Waals surface area contributed by atoms with Gasteiger partial charge in [0, 0.05) is 12.6 Å². The van der Waals surface area contributed by atoms with Crippen LogP contribution in [0.4, 0.5) is 0 Å². The minimum Gasteiger partial charge on any atom is -0.497 e. The maximum atomic E-state index is 5.14. The number of imidazole rings is 1. The van der Waals surface area contributed by atoms with E-state index in [2.05, 4.69) is 18.2 Å². The molecule has 3 heteroatoms. The number of benzene rings is 1. The van der Waals surface area contributed by atoms with Crippen molar-refractivity contribution in [2.75, 3.05) is 7.11 Å². The number of hydrogen-bond donors (Lipinski definition) is 0. The largest absolute Gasteiger partial charge is 0.497 e. The first-order chi connectivity index (χ1) is 6.35. The molecule has 67 valence electrons. The number of nitrogens with zero attached hydrogens (tertiary/aromatic N) is 2. The maximum absolute atomic E-state index is 5.14. The third-order valence-corrected chi connectivity index (χ3v) is 2.08. The van der Waals surface area contributed by atoms with Gasteiger partial charge in [0.15, 0.2) is 6.33 Å². The third-order valence-electron chi connectivity index (χ3n) is 2.08. The first kappa shape index (κ1) is 8.10. The summed E-state index contributed by atoms with van der Waals surface area (Å²) < 4.78 is 7.11. The smallest absolute Gasteiger partial charge is 0.177 e. The van der Waals surface area contributed by atoms with Crippen molar-refractivity contribution in [1.82, 2.24) is 9.55 Å². The fourth-order valence-electron chi connectivity index (χ4n) is 1.35. The van der Waals surface area contributed by atoms with E-state index in [1.807, 2.05) is 22.8 Å². The van der Waals surface area contributed by atoms with Gasteiger partial charge in [0.2, 0.25) is 0 Å². The van der Waals surface area contributed by atoms with Gasteiger partial charge in [0.05, 0.1) is 18.1 Å². The van der Waals surface area contributed by atoms with E-state index in [-0.39, 0.29) is 0 Å². The number of fused-ring (bicyclic) bond motifs is 1. The summed E-state index contributed by atoms with van der Waals surface area (Å²) in [6.45, 7) is 2.95. The lowest BCUT2D eigenvalue weighted by atomic mass is 10.3. The lowest BCUT2D eigenvalue weighted by molar-refractivity contribution is 0.415. The van der Waals surface area contributed by atoms with Crippen LogP contribution in [0.2, 0.25) is 0 Å². The number of ether oxygens (including phenoxy) is 1. The Balaban J connectivity index is 2.64. The van der Waals surface area contributed by atoms with Crippen LogP contribution in [-0.4, -0.2) is 16.7 Å². The highest BCUT2D eigenvalue weighted by atomic mass is 16.5. The van der Waals surface area contributed by atoms with Crippen molar-refractivity contribution < 1.29 is 4.74 Å². The lowest BCUT2D eigenvalue weighted by Gasteiger charge is -2.01. The average molecular weight is 175 g/mol. The Morgan fingerprint density at radius 1 is 1.54 bits per heavy atom. The molecule has 3 nitrogen and oxygen atoms in total. The summed E-state index contributed by atoms with van der Waals surface area (Å²) >= 11 is 0. The van der Waals surface area contributed by atoms with Gasteiger partial charge in [0.1, 0.15) is 5.75 Å². The van der Waals surface area contributed by atoms with E-state index < -0.39 is 0 Å². The van der Waals surface area contributed by atoms with E-state index in [1.54, 1.807) is 7.11 Å². The van der Waals surface area contributed by atoms with E-state index >= 15 is 0 Å². The van der Waals surface area contributed by atoms with Gasteiger partial charge in [-0.05, 0) is 19.1 Å². The van der Waals surface area contributed by atoms with Crippen LogP contribution in [0.15, 0.2) is 18.2 Å².